The maximum atomic E-state index is 11.3. The Labute approximate surface area is 91.9 Å². The molecule has 82 valence electrons. The second kappa shape index (κ2) is 5.61. The van der Waals surface area contributed by atoms with Crippen LogP contribution in [-0.2, 0) is 4.79 Å². The van der Waals surface area contributed by atoms with E-state index in [1.807, 2.05) is 7.05 Å². The molecule has 1 rings (SSSR count). The Balaban J connectivity index is 2.39. The third kappa shape index (κ3) is 2.89. The van der Waals surface area contributed by atoms with Crippen molar-refractivity contribution in [3.8, 4) is 0 Å². The first kappa shape index (κ1) is 11.9. The van der Waals surface area contributed by atoms with Gasteiger partial charge in [0, 0.05) is 19.6 Å². The summed E-state index contributed by atoms with van der Waals surface area (Å²) in [5.74, 6) is 0.436. The molecule has 1 unspecified atom stereocenters. The number of likely N-dealkylation sites (tertiary alicyclic amines) is 1. The standard InChI is InChI=1S/C10H20N2OS/c1-3-12-6-4-5-9(12)7-11(2)10(13)8-14/h9,14H,3-8H2,1-2H3. The molecule has 14 heavy (non-hydrogen) atoms. The van der Waals surface area contributed by atoms with Crippen molar-refractivity contribution >= 4 is 18.5 Å². The monoisotopic (exact) mass is 216 g/mol. The van der Waals surface area contributed by atoms with E-state index in [1.54, 1.807) is 4.90 Å². The van der Waals surface area contributed by atoms with Crippen molar-refractivity contribution in [3.05, 3.63) is 0 Å². The molecule has 1 atom stereocenters. The number of thiol groups is 1. The molecular weight excluding hydrogens is 196 g/mol. The Morgan fingerprint density at radius 1 is 1.64 bits per heavy atom. The number of nitrogens with zero attached hydrogens (tertiary/aromatic N) is 2. The summed E-state index contributed by atoms with van der Waals surface area (Å²) < 4.78 is 0. The van der Waals surface area contributed by atoms with Gasteiger partial charge in [-0.15, -0.1) is 0 Å². The first-order chi connectivity index (χ1) is 6.69. The van der Waals surface area contributed by atoms with Gasteiger partial charge in [-0.05, 0) is 25.9 Å². The Morgan fingerprint density at radius 3 is 2.93 bits per heavy atom. The second-order valence-corrected chi connectivity index (χ2v) is 4.17. The van der Waals surface area contributed by atoms with Gasteiger partial charge in [0.2, 0.25) is 5.91 Å². The molecule has 0 aromatic heterocycles. The lowest BCUT2D eigenvalue weighted by atomic mass is 10.2. The zero-order chi connectivity index (χ0) is 10.6. The largest absolute Gasteiger partial charge is 0.343 e. The second-order valence-electron chi connectivity index (χ2n) is 3.86. The third-order valence-corrected chi connectivity index (χ3v) is 3.22. The average Bonchev–Trinajstić information content (AvgIpc) is 2.63. The van der Waals surface area contributed by atoms with E-state index in [9.17, 15) is 4.79 Å². The van der Waals surface area contributed by atoms with Crippen molar-refractivity contribution in [2.45, 2.75) is 25.8 Å². The molecule has 1 aliphatic heterocycles. The van der Waals surface area contributed by atoms with E-state index in [-0.39, 0.29) is 5.91 Å². The van der Waals surface area contributed by atoms with Crippen LogP contribution in [0, 0.1) is 0 Å². The summed E-state index contributed by atoms with van der Waals surface area (Å²) in [7, 11) is 1.87. The summed E-state index contributed by atoms with van der Waals surface area (Å²) >= 11 is 3.99. The minimum atomic E-state index is 0.122. The molecule has 1 amide bonds. The SMILES string of the molecule is CCN1CCCC1CN(C)C(=O)CS. The molecule has 0 aromatic carbocycles. The van der Waals surface area contributed by atoms with Gasteiger partial charge in [-0.3, -0.25) is 9.69 Å². The van der Waals surface area contributed by atoms with Crippen LogP contribution in [0.5, 0.6) is 0 Å². The van der Waals surface area contributed by atoms with Crippen LogP contribution in [0.1, 0.15) is 19.8 Å². The van der Waals surface area contributed by atoms with Crippen molar-refractivity contribution in [3.63, 3.8) is 0 Å². The topological polar surface area (TPSA) is 23.6 Å². The first-order valence-electron chi connectivity index (χ1n) is 5.28. The minimum Gasteiger partial charge on any atom is -0.343 e. The van der Waals surface area contributed by atoms with Gasteiger partial charge in [-0.2, -0.15) is 12.6 Å². The van der Waals surface area contributed by atoms with E-state index < -0.39 is 0 Å². The van der Waals surface area contributed by atoms with E-state index in [0.29, 0.717) is 11.8 Å². The Morgan fingerprint density at radius 2 is 2.36 bits per heavy atom. The van der Waals surface area contributed by atoms with Gasteiger partial charge in [-0.1, -0.05) is 6.92 Å². The molecule has 0 saturated carbocycles. The Kier molecular flexibility index (Phi) is 4.75. The van der Waals surface area contributed by atoms with E-state index in [0.717, 1.165) is 13.1 Å². The quantitative estimate of drug-likeness (QED) is 0.705. The number of carbonyl (C=O) groups excluding carboxylic acids is 1. The maximum absolute atomic E-state index is 11.3. The molecule has 1 saturated heterocycles. The van der Waals surface area contributed by atoms with E-state index in [1.165, 1.54) is 19.4 Å². The zero-order valence-electron chi connectivity index (χ0n) is 9.07. The minimum absolute atomic E-state index is 0.122. The first-order valence-corrected chi connectivity index (χ1v) is 5.91. The molecule has 1 aliphatic rings. The molecule has 4 heteroatoms. The highest BCUT2D eigenvalue weighted by Gasteiger charge is 2.24. The number of amides is 1. The number of likely N-dealkylation sites (N-methyl/N-ethyl adjacent to an activating group) is 2. The normalized spacial score (nSPS) is 22.6. The van der Waals surface area contributed by atoms with Crippen molar-refractivity contribution in [1.29, 1.82) is 0 Å². The van der Waals surface area contributed by atoms with Crippen molar-refractivity contribution in [1.82, 2.24) is 9.80 Å². The van der Waals surface area contributed by atoms with E-state index in [2.05, 4.69) is 24.5 Å². The third-order valence-electron chi connectivity index (χ3n) is 2.95. The molecule has 3 nitrogen and oxygen atoms in total. The zero-order valence-corrected chi connectivity index (χ0v) is 9.96. The number of hydrogen-bond acceptors (Lipinski definition) is 3. The summed E-state index contributed by atoms with van der Waals surface area (Å²) in [4.78, 5) is 15.6. The van der Waals surface area contributed by atoms with Gasteiger partial charge < -0.3 is 4.90 Å². The summed E-state index contributed by atoms with van der Waals surface area (Å²) in [5, 5.41) is 0. The van der Waals surface area contributed by atoms with Gasteiger partial charge in [0.15, 0.2) is 0 Å². The molecule has 0 N–H and O–H groups in total. The van der Waals surface area contributed by atoms with Gasteiger partial charge >= 0.3 is 0 Å². The summed E-state index contributed by atoms with van der Waals surface area (Å²) in [6.07, 6.45) is 2.49. The van der Waals surface area contributed by atoms with Crippen LogP contribution in [0.2, 0.25) is 0 Å². The molecule has 0 bridgehead atoms. The van der Waals surface area contributed by atoms with Crippen LogP contribution >= 0.6 is 12.6 Å². The predicted octanol–water partition coefficient (Wildman–Crippen LogP) is 0.859. The number of carbonyl (C=O) groups is 1. The number of rotatable bonds is 4. The van der Waals surface area contributed by atoms with E-state index >= 15 is 0 Å². The molecule has 1 heterocycles. The fraction of sp³-hybridized carbons (Fsp3) is 0.900. The highest BCUT2D eigenvalue weighted by molar-refractivity contribution is 7.81. The summed E-state index contributed by atoms with van der Waals surface area (Å²) in [6.45, 7) is 5.31. The maximum Gasteiger partial charge on any atom is 0.232 e. The van der Waals surface area contributed by atoms with Crippen LogP contribution in [0.15, 0.2) is 0 Å². The lowest BCUT2D eigenvalue weighted by Crippen LogP contribution is -2.41. The van der Waals surface area contributed by atoms with Gasteiger partial charge in [-0.25, -0.2) is 0 Å². The van der Waals surface area contributed by atoms with Crippen LogP contribution in [0.25, 0.3) is 0 Å². The fourth-order valence-electron chi connectivity index (χ4n) is 2.06. The van der Waals surface area contributed by atoms with E-state index in [4.69, 9.17) is 0 Å². The Bertz CT molecular complexity index is 199. The molecule has 0 radical (unpaired) electrons. The van der Waals surface area contributed by atoms with Gasteiger partial charge in [0.05, 0.1) is 5.75 Å². The number of hydrogen-bond donors (Lipinski definition) is 1. The highest BCUT2D eigenvalue weighted by atomic mass is 32.1. The average molecular weight is 216 g/mol. The summed E-state index contributed by atoms with van der Waals surface area (Å²) in [6, 6.07) is 0.564. The molecular formula is C10H20N2OS. The summed E-state index contributed by atoms with van der Waals surface area (Å²) in [5.41, 5.74) is 0. The van der Waals surface area contributed by atoms with Crippen LogP contribution in [-0.4, -0.2) is 54.2 Å². The van der Waals surface area contributed by atoms with Crippen LogP contribution in [0.3, 0.4) is 0 Å². The predicted molar refractivity (Wildman–Crippen MR) is 61.8 cm³/mol. The smallest absolute Gasteiger partial charge is 0.232 e. The highest BCUT2D eigenvalue weighted by Crippen LogP contribution is 2.17. The van der Waals surface area contributed by atoms with Crippen LogP contribution in [0.4, 0.5) is 0 Å². The van der Waals surface area contributed by atoms with Crippen molar-refractivity contribution in [2.75, 3.05) is 32.4 Å². The lowest BCUT2D eigenvalue weighted by molar-refractivity contribution is -0.127. The molecule has 0 aromatic rings. The molecule has 1 fully saturated rings. The Hall–Kier alpha value is -0.220. The molecule has 0 aliphatic carbocycles. The van der Waals surface area contributed by atoms with Gasteiger partial charge in [0.1, 0.15) is 0 Å². The van der Waals surface area contributed by atoms with Gasteiger partial charge in [0.25, 0.3) is 0 Å². The van der Waals surface area contributed by atoms with Crippen molar-refractivity contribution < 1.29 is 4.79 Å². The lowest BCUT2D eigenvalue weighted by Gasteiger charge is -2.27. The van der Waals surface area contributed by atoms with Crippen LogP contribution < -0.4 is 0 Å². The molecule has 0 spiro atoms. The fourth-order valence-corrected chi connectivity index (χ4v) is 2.30. The van der Waals surface area contributed by atoms with Crippen molar-refractivity contribution in [2.24, 2.45) is 0 Å².